The molecular weight excluding hydrogens is 324 g/mol. The van der Waals surface area contributed by atoms with Crippen LogP contribution in [-0.4, -0.2) is 40.6 Å². The number of nitrogens with one attached hydrogen (secondary N) is 1. The normalized spacial score (nSPS) is 25.1. The highest BCUT2D eigenvalue weighted by molar-refractivity contribution is 5.86. The number of aliphatic hydroxyl groups is 1. The molecule has 0 radical (unpaired) electrons. The molecule has 0 aromatic heterocycles. The van der Waals surface area contributed by atoms with Gasteiger partial charge in [-0.05, 0) is 42.7 Å². The van der Waals surface area contributed by atoms with E-state index in [1.165, 1.54) is 24.8 Å². The maximum absolute atomic E-state index is 12.9. The van der Waals surface area contributed by atoms with E-state index < -0.39 is 5.60 Å². The Morgan fingerprint density at radius 3 is 2.50 bits per heavy atom. The van der Waals surface area contributed by atoms with Gasteiger partial charge < -0.3 is 15.3 Å². The van der Waals surface area contributed by atoms with E-state index in [0.717, 1.165) is 31.4 Å². The molecule has 1 aliphatic heterocycles. The molecule has 1 aromatic rings. The van der Waals surface area contributed by atoms with Crippen molar-refractivity contribution >= 4 is 5.91 Å². The van der Waals surface area contributed by atoms with E-state index in [4.69, 9.17) is 0 Å². The van der Waals surface area contributed by atoms with Crippen LogP contribution in [0.4, 0.5) is 0 Å². The summed E-state index contributed by atoms with van der Waals surface area (Å²) in [6.45, 7) is 6.07. The van der Waals surface area contributed by atoms with Gasteiger partial charge in [0.05, 0.1) is 0 Å². The second kappa shape index (κ2) is 8.53. The Labute approximate surface area is 158 Å². The molecule has 26 heavy (non-hydrogen) atoms. The van der Waals surface area contributed by atoms with Crippen molar-refractivity contribution in [3.05, 3.63) is 35.4 Å². The highest BCUT2D eigenvalue weighted by atomic mass is 16.3. The summed E-state index contributed by atoms with van der Waals surface area (Å²) in [5.41, 5.74) is 1.20. The Hall–Kier alpha value is -1.39. The van der Waals surface area contributed by atoms with Crippen LogP contribution < -0.4 is 5.32 Å². The fourth-order valence-corrected chi connectivity index (χ4v) is 4.23. The number of hydrogen-bond donors (Lipinski definition) is 2. The number of likely N-dealkylation sites (tertiary alicyclic amines) is 1. The topological polar surface area (TPSA) is 52.6 Å². The predicted octanol–water partition coefficient (Wildman–Crippen LogP) is 3.59. The van der Waals surface area contributed by atoms with Crippen LogP contribution in [0.25, 0.3) is 0 Å². The van der Waals surface area contributed by atoms with Gasteiger partial charge in [-0.15, -0.1) is 0 Å². The number of nitrogens with zero attached hydrogens (tertiary/aromatic N) is 1. The molecule has 1 saturated carbocycles. The molecule has 1 saturated heterocycles. The molecule has 4 heteroatoms. The molecule has 1 aromatic carbocycles. The monoisotopic (exact) mass is 358 g/mol. The number of piperidine rings is 1. The lowest BCUT2D eigenvalue weighted by Crippen LogP contribution is -2.58. The van der Waals surface area contributed by atoms with E-state index in [9.17, 15) is 9.90 Å². The van der Waals surface area contributed by atoms with Crippen molar-refractivity contribution in [2.45, 2.75) is 82.9 Å². The van der Waals surface area contributed by atoms with Crippen LogP contribution in [0.3, 0.4) is 0 Å². The van der Waals surface area contributed by atoms with Gasteiger partial charge in [0.2, 0.25) is 0 Å². The molecule has 1 amide bonds. The third-order valence-corrected chi connectivity index (χ3v) is 6.01. The molecule has 1 atom stereocenters. The van der Waals surface area contributed by atoms with Gasteiger partial charge >= 0.3 is 0 Å². The largest absolute Gasteiger partial charge is 0.379 e. The Morgan fingerprint density at radius 2 is 1.85 bits per heavy atom. The minimum absolute atomic E-state index is 0.111. The van der Waals surface area contributed by atoms with Crippen molar-refractivity contribution in [2.75, 3.05) is 13.1 Å². The maximum atomic E-state index is 12.9. The van der Waals surface area contributed by atoms with Gasteiger partial charge in [0.25, 0.3) is 5.91 Å². The maximum Gasteiger partial charge on any atom is 0.256 e. The Morgan fingerprint density at radius 1 is 1.15 bits per heavy atom. The molecule has 0 bridgehead atoms. The van der Waals surface area contributed by atoms with Gasteiger partial charge in [0.15, 0.2) is 5.60 Å². The Bertz CT molecular complexity index is 593. The van der Waals surface area contributed by atoms with Crippen LogP contribution in [0.2, 0.25) is 0 Å². The van der Waals surface area contributed by atoms with Gasteiger partial charge in [-0.25, -0.2) is 0 Å². The van der Waals surface area contributed by atoms with E-state index in [-0.39, 0.29) is 5.91 Å². The van der Waals surface area contributed by atoms with Crippen LogP contribution in [0, 0.1) is 0 Å². The molecule has 2 N–H and O–H groups in total. The molecule has 0 spiro atoms. The minimum atomic E-state index is -1.24. The van der Waals surface area contributed by atoms with Gasteiger partial charge in [-0.1, -0.05) is 57.4 Å². The summed E-state index contributed by atoms with van der Waals surface area (Å²) >= 11 is 0. The van der Waals surface area contributed by atoms with Crippen LogP contribution in [0.15, 0.2) is 24.3 Å². The molecule has 3 rings (SSSR count). The van der Waals surface area contributed by atoms with Gasteiger partial charge in [-0.2, -0.15) is 0 Å². The number of amides is 1. The first kappa shape index (κ1) is 19.4. The predicted molar refractivity (Wildman–Crippen MR) is 105 cm³/mol. The van der Waals surface area contributed by atoms with Gasteiger partial charge in [0, 0.05) is 25.7 Å². The van der Waals surface area contributed by atoms with Crippen molar-refractivity contribution < 1.29 is 9.90 Å². The van der Waals surface area contributed by atoms with Crippen LogP contribution in [0.5, 0.6) is 0 Å². The van der Waals surface area contributed by atoms with Crippen molar-refractivity contribution in [2.24, 2.45) is 0 Å². The van der Waals surface area contributed by atoms with Gasteiger partial charge in [0.1, 0.15) is 0 Å². The molecular formula is C22H34N2O2. The summed E-state index contributed by atoms with van der Waals surface area (Å²) < 4.78 is 0. The minimum Gasteiger partial charge on any atom is -0.379 e. The summed E-state index contributed by atoms with van der Waals surface area (Å²) in [6.07, 6.45) is 7.56. The van der Waals surface area contributed by atoms with Crippen molar-refractivity contribution in [3.63, 3.8) is 0 Å². The van der Waals surface area contributed by atoms with Crippen LogP contribution in [-0.2, 0) is 11.3 Å². The molecule has 2 aliphatic rings. The van der Waals surface area contributed by atoms with Crippen LogP contribution >= 0.6 is 0 Å². The fraction of sp³-hybridized carbons (Fsp3) is 0.682. The summed E-state index contributed by atoms with van der Waals surface area (Å²) in [6, 6.07) is 8.96. The van der Waals surface area contributed by atoms with E-state index in [0.29, 0.717) is 31.5 Å². The molecule has 144 valence electrons. The molecule has 1 heterocycles. The first-order valence-electron chi connectivity index (χ1n) is 10.3. The number of rotatable bonds is 6. The van der Waals surface area contributed by atoms with Crippen molar-refractivity contribution in [1.29, 1.82) is 0 Å². The summed E-state index contributed by atoms with van der Waals surface area (Å²) in [7, 11) is 0. The zero-order valence-electron chi connectivity index (χ0n) is 16.3. The second-order valence-electron chi connectivity index (χ2n) is 8.47. The first-order chi connectivity index (χ1) is 12.5. The zero-order valence-corrected chi connectivity index (χ0v) is 16.3. The summed E-state index contributed by atoms with van der Waals surface area (Å²) in [5.74, 6) is 0.400. The standard InChI is InChI=1S/C22H34N2O2/c1-17(2)19-11-9-18(10-12-19)15-24-14-6-13-22(26,21(24)25)16-23-20-7-4-3-5-8-20/h9-12,17,20,23,26H,3-8,13-16H2,1-2H3/t22-/m1/s1. The number of carbonyl (C=O) groups is 1. The lowest BCUT2D eigenvalue weighted by Gasteiger charge is -2.39. The number of carbonyl (C=O) groups excluding carboxylic acids is 1. The highest BCUT2D eigenvalue weighted by Crippen LogP contribution is 2.25. The summed E-state index contributed by atoms with van der Waals surface area (Å²) in [5, 5.41) is 14.5. The third kappa shape index (κ3) is 4.66. The molecule has 4 nitrogen and oxygen atoms in total. The Kier molecular flexibility index (Phi) is 6.36. The van der Waals surface area contributed by atoms with E-state index in [2.05, 4.69) is 43.4 Å². The van der Waals surface area contributed by atoms with E-state index in [1.807, 2.05) is 4.90 Å². The lowest BCUT2D eigenvalue weighted by molar-refractivity contribution is -0.157. The molecule has 2 fully saturated rings. The van der Waals surface area contributed by atoms with E-state index in [1.54, 1.807) is 0 Å². The number of benzene rings is 1. The van der Waals surface area contributed by atoms with Crippen molar-refractivity contribution in [1.82, 2.24) is 10.2 Å². The molecule has 0 unspecified atom stereocenters. The van der Waals surface area contributed by atoms with Crippen molar-refractivity contribution in [3.8, 4) is 0 Å². The smallest absolute Gasteiger partial charge is 0.256 e. The van der Waals surface area contributed by atoms with E-state index >= 15 is 0 Å². The highest BCUT2D eigenvalue weighted by Gasteiger charge is 2.42. The quantitative estimate of drug-likeness (QED) is 0.817. The lowest BCUT2D eigenvalue weighted by atomic mass is 9.89. The third-order valence-electron chi connectivity index (χ3n) is 6.01. The number of hydrogen-bond acceptors (Lipinski definition) is 3. The zero-order chi connectivity index (χ0) is 18.6. The SMILES string of the molecule is CC(C)c1ccc(CN2CCC[C@@](O)(CNC3CCCCC3)C2=O)cc1. The second-order valence-corrected chi connectivity index (χ2v) is 8.47. The van der Waals surface area contributed by atoms with Crippen LogP contribution in [0.1, 0.15) is 75.8 Å². The average molecular weight is 359 g/mol. The molecule has 1 aliphatic carbocycles. The summed E-state index contributed by atoms with van der Waals surface area (Å²) in [4.78, 5) is 14.8. The average Bonchev–Trinajstić information content (AvgIpc) is 2.65. The Balaban J connectivity index is 1.59. The van der Waals surface area contributed by atoms with Gasteiger partial charge in [-0.3, -0.25) is 4.79 Å². The fourth-order valence-electron chi connectivity index (χ4n) is 4.23. The first-order valence-corrected chi connectivity index (χ1v) is 10.3.